The second-order valence-electron chi connectivity index (χ2n) is 7.49. The number of aromatic nitrogens is 1. The van der Waals surface area contributed by atoms with Gasteiger partial charge in [-0.1, -0.05) is 31.2 Å². The zero-order valence-electron chi connectivity index (χ0n) is 16.7. The lowest BCUT2D eigenvalue weighted by Crippen LogP contribution is -2.39. The van der Waals surface area contributed by atoms with Crippen LogP contribution in [0.1, 0.15) is 38.7 Å². The number of likely N-dealkylation sites (tertiary alicyclic amines) is 1. The third kappa shape index (κ3) is 5.93. The van der Waals surface area contributed by atoms with Gasteiger partial charge < -0.3 is 15.5 Å². The molecule has 2 aromatic rings. The van der Waals surface area contributed by atoms with E-state index in [9.17, 15) is 0 Å². The lowest BCUT2D eigenvalue weighted by atomic mass is 9.99. The van der Waals surface area contributed by atoms with Gasteiger partial charge in [0.05, 0.1) is 12.1 Å². The van der Waals surface area contributed by atoms with E-state index in [1.54, 1.807) is 0 Å². The minimum Gasteiger partial charge on any atom is -0.357 e. The molecule has 5 heteroatoms. The molecule has 1 saturated heterocycles. The Hall–Kier alpha value is -2.14. The molecule has 1 aliphatic rings. The van der Waals surface area contributed by atoms with Gasteiger partial charge in [-0.25, -0.2) is 4.99 Å². The van der Waals surface area contributed by atoms with Crippen LogP contribution in [-0.4, -0.2) is 48.6 Å². The number of nitrogens with one attached hydrogen (secondary N) is 2. The van der Waals surface area contributed by atoms with Crippen LogP contribution in [0.15, 0.2) is 41.5 Å². The number of para-hydroxylation sites is 1. The summed E-state index contributed by atoms with van der Waals surface area (Å²) in [7, 11) is 0. The molecule has 5 nitrogen and oxygen atoms in total. The number of nitrogens with zero attached hydrogens (tertiary/aromatic N) is 3. The molecule has 0 aliphatic carbocycles. The quantitative estimate of drug-likeness (QED) is 0.447. The van der Waals surface area contributed by atoms with Gasteiger partial charge in [-0.2, -0.15) is 0 Å². The molecule has 2 heterocycles. The summed E-state index contributed by atoms with van der Waals surface area (Å²) in [5.41, 5.74) is 2.20. The highest BCUT2D eigenvalue weighted by molar-refractivity contribution is 5.83. The lowest BCUT2D eigenvalue weighted by molar-refractivity contribution is 0.191. The van der Waals surface area contributed by atoms with E-state index in [2.05, 4.69) is 58.6 Å². The first-order chi connectivity index (χ1) is 13.3. The van der Waals surface area contributed by atoms with Crippen LogP contribution in [0, 0.1) is 5.92 Å². The first-order valence-electron chi connectivity index (χ1n) is 10.3. The van der Waals surface area contributed by atoms with Crippen molar-refractivity contribution in [2.45, 2.75) is 39.7 Å². The van der Waals surface area contributed by atoms with E-state index >= 15 is 0 Å². The van der Waals surface area contributed by atoms with E-state index in [0.29, 0.717) is 6.54 Å². The van der Waals surface area contributed by atoms with Crippen LogP contribution in [0.25, 0.3) is 10.9 Å². The normalized spacial score (nSPS) is 16.6. The maximum atomic E-state index is 4.77. The summed E-state index contributed by atoms with van der Waals surface area (Å²) in [6, 6.07) is 10.4. The van der Waals surface area contributed by atoms with E-state index in [1.165, 1.54) is 37.9 Å². The maximum Gasteiger partial charge on any atom is 0.191 e. The minimum absolute atomic E-state index is 0.633. The summed E-state index contributed by atoms with van der Waals surface area (Å²) in [6.45, 7) is 10.6. The topological polar surface area (TPSA) is 52.6 Å². The molecule has 0 atom stereocenters. The van der Waals surface area contributed by atoms with Crippen LogP contribution in [0.4, 0.5) is 0 Å². The van der Waals surface area contributed by atoms with Crippen molar-refractivity contribution in [1.29, 1.82) is 0 Å². The van der Waals surface area contributed by atoms with Gasteiger partial charge in [-0.05, 0) is 63.4 Å². The Morgan fingerprint density at radius 2 is 2.00 bits per heavy atom. The molecule has 1 fully saturated rings. The number of pyridine rings is 1. The van der Waals surface area contributed by atoms with Gasteiger partial charge >= 0.3 is 0 Å². The monoisotopic (exact) mass is 367 g/mol. The first-order valence-corrected chi connectivity index (χ1v) is 10.3. The van der Waals surface area contributed by atoms with Crippen molar-refractivity contribution in [3.05, 3.63) is 42.1 Å². The van der Waals surface area contributed by atoms with Crippen LogP contribution in [0.2, 0.25) is 0 Å². The van der Waals surface area contributed by atoms with Crippen molar-refractivity contribution in [1.82, 2.24) is 20.5 Å². The van der Waals surface area contributed by atoms with Crippen LogP contribution < -0.4 is 10.6 Å². The fourth-order valence-corrected chi connectivity index (χ4v) is 3.60. The Kier molecular flexibility index (Phi) is 7.45. The largest absolute Gasteiger partial charge is 0.357 e. The molecule has 0 amide bonds. The fourth-order valence-electron chi connectivity index (χ4n) is 3.60. The molecule has 0 spiro atoms. The summed E-state index contributed by atoms with van der Waals surface area (Å²) in [4.78, 5) is 11.9. The van der Waals surface area contributed by atoms with Crippen LogP contribution >= 0.6 is 0 Å². The number of rotatable bonds is 7. The maximum absolute atomic E-state index is 4.77. The van der Waals surface area contributed by atoms with E-state index in [1.807, 2.05) is 12.3 Å². The highest BCUT2D eigenvalue weighted by atomic mass is 15.2. The predicted molar refractivity (Wildman–Crippen MR) is 114 cm³/mol. The van der Waals surface area contributed by atoms with E-state index in [-0.39, 0.29) is 0 Å². The molecule has 27 heavy (non-hydrogen) atoms. The number of piperidine rings is 1. The van der Waals surface area contributed by atoms with Crippen molar-refractivity contribution in [3.63, 3.8) is 0 Å². The zero-order chi connectivity index (χ0) is 18.9. The molecule has 1 aliphatic heterocycles. The summed E-state index contributed by atoms with van der Waals surface area (Å²) in [6.07, 6.45) is 5.68. The smallest absolute Gasteiger partial charge is 0.191 e. The summed E-state index contributed by atoms with van der Waals surface area (Å²) in [5, 5.41) is 7.99. The highest BCUT2D eigenvalue weighted by Crippen LogP contribution is 2.17. The number of benzene rings is 1. The van der Waals surface area contributed by atoms with Crippen molar-refractivity contribution in [3.8, 4) is 0 Å². The van der Waals surface area contributed by atoms with Gasteiger partial charge in [0.15, 0.2) is 5.96 Å². The van der Waals surface area contributed by atoms with Crippen molar-refractivity contribution in [2.75, 3.05) is 32.7 Å². The molecule has 1 aromatic heterocycles. The van der Waals surface area contributed by atoms with Crippen molar-refractivity contribution in [2.24, 2.45) is 10.9 Å². The van der Waals surface area contributed by atoms with Gasteiger partial charge in [0.2, 0.25) is 0 Å². The third-order valence-corrected chi connectivity index (χ3v) is 5.29. The molecule has 0 unspecified atom stereocenters. The van der Waals surface area contributed by atoms with Gasteiger partial charge in [0.25, 0.3) is 0 Å². The van der Waals surface area contributed by atoms with Gasteiger partial charge in [0, 0.05) is 24.7 Å². The average molecular weight is 368 g/mol. The Labute approximate surface area is 163 Å². The first kappa shape index (κ1) is 19.6. The van der Waals surface area contributed by atoms with E-state index < -0.39 is 0 Å². The lowest BCUT2D eigenvalue weighted by Gasteiger charge is -2.30. The van der Waals surface area contributed by atoms with Crippen molar-refractivity contribution >= 4 is 16.9 Å². The molecular formula is C22H33N5. The minimum atomic E-state index is 0.633. The number of hydrogen-bond donors (Lipinski definition) is 2. The Morgan fingerprint density at radius 1 is 1.19 bits per heavy atom. The standard InChI is InChI=1S/C22H33N5/c1-3-23-22(25-13-6-14-27-15-10-18(2)11-16-27)26-17-20-8-4-7-19-9-5-12-24-21(19)20/h4-5,7-9,12,18H,3,6,10-11,13-17H2,1-2H3,(H2,23,25,26). The second-order valence-corrected chi connectivity index (χ2v) is 7.49. The van der Waals surface area contributed by atoms with Crippen LogP contribution in [0.3, 0.4) is 0 Å². The van der Waals surface area contributed by atoms with E-state index in [4.69, 9.17) is 4.99 Å². The Balaban J connectivity index is 1.50. The number of fused-ring (bicyclic) bond motifs is 1. The summed E-state index contributed by atoms with van der Waals surface area (Å²) in [5.74, 6) is 1.79. The van der Waals surface area contributed by atoms with Crippen LogP contribution in [0.5, 0.6) is 0 Å². The molecule has 0 radical (unpaired) electrons. The Morgan fingerprint density at radius 3 is 2.81 bits per heavy atom. The molecule has 0 bridgehead atoms. The molecule has 146 valence electrons. The molecule has 3 rings (SSSR count). The van der Waals surface area contributed by atoms with Gasteiger partial charge in [-0.15, -0.1) is 0 Å². The second kappa shape index (κ2) is 10.3. The molecule has 1 aromatic carbocycles. The van der Waals surface area contributed by atoms with Gasteiger partial charge in [0.1, 0.15) is 0 Å². The summed E-state index contributed by atoms with van der Waals surface area (Å²) < 4.78 is 0. The number of aliphatic imine (C=N–C) groups is 1. The SMILES string of the molecule is CCNC(=NCc1cccc2cccnc12)NCCCN1CCC(C)CC1. The Bertz CT molecular complexity index is 729. The molecular weight excluding hydrogens is 334 g/mol. The summed E-state index contributed by atoms with van der Waals surface area (Å²) >= 11 is 0. The van der Waals surface area contributed by atoms with Crippen molar-refractivity contribution < 1.29 is 0 Å². The van der Waals surface area contributed by atoms with E-state index in [0.717, 1.165) is 42.5 Å². The highest BCUT2D eigenvalue weighted by Gasteiger charge is 2.14. The predicted octanol–water partition coefficient (Wildman–Crippen LogP) is 3.41. The average Bonchev–Trinajstić information content (AvgIpc) is 2.70. The molecule has 2 N–H and O–H groups in total. The third-order valence-electron chi connectivity index (χ3n) is 5.29. The number of guanidine groups is 1. The zero-order valence-corrected chi connectivity index (χ0v) is 16.7. The number of hydrogen-bond acceptors (Lipinski definition) is 3. The van der Waals surface area contributed by atoms with Crippen LogP contribution in [-0.2, 0) is 6.54 Å². The molecule has 0 saturated carbocycles. The fraction of sp³-hybridized carbons (Fsp3) is 0.545. The van der Waals surface area contributed by atoms with Gasteiger partial charge in [-0.3, -0.25) is 4.98 Å².